The zero-order chi connectivity index (χ0) is 8.69. The van der Waals surface area contributed by atoms with E-state index in [1.54, 1.807) is 0 Å². The van der Waals surface area contributed by atoms with Crippen molar-refractivity contribution in [3.8, 4) is 0 Å². The van der Waals surface area contributed by atoms with E-state index in [0.29, 0.717) is 10.6 Å². The van der Waals surface area contributed by atoms with Crippen molar-refractivity contribution in [1.82, 2.24) is 0 Å². The summed E-state index contributed by atoms with van der Waals surface area (Å²) in [6, 6.07) is 0. The first-order valence-corrected chi connectivity index (χ1v) is 6.94. The Balaban J connectivity index is 3.41. The number of rotatable bonds is 6. The topological polar surface area (TPSA) is 40.5 Å². The standard InChI is InChI=1S/C8H17.2H2O.Ti/c1-4-6-7-8(3)5-2;;;/h8H,3-7H2,1-2H3;2*1H2;/q;;;+2/p-2. The summed E-state index contributed by atoms with van der Waals surface area (Å²) in [6.07, 6.45) is 4.70. The van der Waals surface area contributed by atoms with Gasteiger partial charge in [-0.1, -0.05) is 0 Å². The van der Waals surface area contributed by atoms with E-state index in [1.165, 1.54) is 19.3 Å². The maximum atomic E-state index is 8.88. The van der Waals surface area contributed by atoms with Gasteiger partial charge in [-0.25, -0.2) is 0 Å². The van der Waals surface area contributed by atoms with Gasteiger partial charge in [0.05, 0.1) is 0 Å². The van der Waals surface area contributed by atoms with Gasteiger partial charge >= 0.3 is 76.2 Å². The van der Waals surface area contributed by atoms with Crippen LogP contribution in [-0.4, -0.2) is 7.38 Å². The Hall–Kier alpha value is 0.634. The Morgan fingerprint density at radius 2 is 1.91 bits per heavy atom. The summed E-state index contributed by atoms with van der Waals surface area (Å²) in [7, 11) is 0. The Labute approximate surface area is 76.4 Å². The molecule has 2 nitrogen and oxygen atoms in total. The van der Waals surface area contributed by atoms with Crippen LogP contribution < -0.4 is 0 Å². The third-order valence-electron chi connectivity index (χ3n) is 2.01. The van der Waals surface area contributed by atoms with Gasteiger partial charge < -0.3 is 0 Å². The van der Waals surface area contributed by atoms with Gasteiger partial charge in [-0.05, 0) is 0 Å². The molecule has 0 aliphatic carbocycles. The molecule has 11 heavy (non-hydrogen) atoms. The molecule has 1 atom stereocenters. The number of unbranched alkanes of at least 4 members (excludes halogenated alkanes) is 1. The second-order valence-electron chi connectivity index (χ2n) is 3.04. The molecule has 0 aromatic carbocycles. The molecule has 0 aliphatic rings. The Morgan fingerprint density at radius 1 is 1.27 bits per heavy atom. The minimum atomic E-state index is -2.52. The molecule has 0 aromatic rings. The summed E-state index contributed by atoms with van der Waals surface area (Å²) in [5.74, 6) is 0.569. The van der Waals surface area contributed by atoms with Crippen molar-refractivity contribution in [2.75, 3.05) is 0 Å². The van der Waals surface area contributed by atoms with Crippen molar-refractivity contribution in [2.45, 2.75) is 44.3 Å². The molecule has 0 bridgehead atoms. The summed E-state index contributed by atoms with van der Waals surface area (Å²) in [5, 5.41) is 0. The van der Waals surface area contributed by atoms with Gasteiger partial charge in [0, 0.05) is 0 Å². The molecule has 0 amide bonds. The van der Waals surface area contributed by atoms with Crippen molar-refractivity contribution in [2.24, 2.45) is 5.92 Å². The molecule has 0 heterocycles. The van der Waals surface area contributed by atoms with Crippen LogP contribution in [-0.2, 0) is 18.6 Å². The van der Waals surface area contributed by atoms with Crippen molar-refractivity contribution in [3.63, 3.8) is 0 Å². The molecule has 1 unspecified atom stereocenters. The van der Waals surface area contributed by atoms with Crippen molar-refractivity contribution >= 4 is 0 Å². The molecular formula is C8H19O2Ti. The summed E-state index contributed by atoms with van der Waals surface area (Å²) in [4.78, 5) is 0. The molecular weight excluding hydrogens is 176 g/mol. The first-order chi connectivity index (χ1) is 5.20. The summed E-state index contributed by atoms with van der Waals surface area (Å²) >= 11 is -2.52. The van der Waals surface area contributed by atoms with Crippen molar-refractivity contribution in [3.05, 3.63) is 0 Å². The van der Waals surface area contributed by atoms with Crippen LogP contribution in [0.25, 0.3) is 0 Å². The van der Waals surface area contributed by atoms with E-state index in [9.17, 15) is 0 Å². The molecule has 0 aliphatic heterocycles. The molecule has 67 valence electrons. The van der Waals surface area contributed by atoms with E-state index in [2.05, 4.69) is 13.8 Å². The van der Waals surface area contributed by atoms with Gasteiger partial charge in [0.25, 0.3) is 0 Å². The zero-order valence-corrected chi connectivity index (χ0v) is 9.07. The van der Waals surface area contributed by atoms with Crippen LogP contribution in [0.4, 0.5) is 0 Å². The SMILES string of the molecule is CCCCC(CC)[CH2][Ti]([OH])[OH]. The van der Waals surface area contributed by atoms with Gasteiger partial charge in [0.2, 0.25) is 0 Å². The summed E-state index contributed by atoms with van der Waals surface area (Å²) in [6.45, 7) is 4.30. The van der Waals surface area contributed by atoms with Crippen LogP contribution in [0.3, 0.4) is 0 Å². The fourth-order valence-electron chi connectivity index (χ4n) is 1.20. The van der Waals surface area contributed by atoms with Crippen LogP contribution >= 0.6 is 0 Å². The molecule has 0 saturated heterocycles. The van der Waals surface area contributed by atoms with Crippen molar-refractivity contribution in [1.29, 1.82) is 0 Å². The molecule has 0 aromatic heterocycles. The Morgan fingerprint density at radius 3 is 2.27 bits per heavy atom. The Kier molecular flexibility index (Phi) is 7.71. The molecule has 0 saturated carbocycles. The number of hydrogen-bond acceptors (Lipinski definition) is 2. The van der Waals surface area contributed by atoms with E-state index in [-0.39, 0.29) is 0 Å². The second kappa shape index (κ2) is 7.29. The van der Waals surface area contributed by atoms with Gasteiger partial charge in [0.15, 0.2) is 0 Å². The molecule has 0 spiro atoms. The average molecular weight is 195 g/mol. The monoisotopic (exact) mass is 195 g/mol. The quantitative estimate of drug-likeness (QED) is 0.637. The first-order valence-electron chi connectivity index (χ1n) is 4.44. The van der Waals surface area contributed by atoms with Crippen LogP contribution in [0.15, 0.2) is 0 Å². The summed E-state index contributed by atoms with van der Waals surface area (Å²) in [5.41, 5.74) is 0. The van der Waals surface area contributed by atoms with E-state index >= 15 is 0 Å². The zero-order valence-electron chi connectivity index (χ0n) is 7.51. The predicted molar refractivity (Wildman–Crippen MR) is 42.6 cm³/mol. The first kappa shape index (κ1) is 11.6. The van der Waals surface area contributed by atoms with E-state index in [4.69, 9.17) is 7.38 Å². The third kappa shape index (κ3) is 7.01. The molecule has 3 heteroatoms. The van der Waals surface area contributed by atoms with Gasteiger partial charge in [-0.3, -0.25) is 0 Å². The van der Waals surface area contributed by atoms with Crippen LogP contribution in [0.1, 0.15) is 39.5 Å². The van der Waals surface area contributed by atoms with Crippen molar-refractivity contribution < 1.29 is 26.0 Å². The fourth-order valence-corrected chi connectivity index (χ4v) is 2.78. The van der Waals surface area contributed by atoms with Gasteiger partial charge in [-0.2, -0.15) is 0 Å². The summed E-state index contributed by atoms with van der Waals surface area (Å²) < 4.78 is 18.5. The molecule has 0 rings (SSSR count). The number of hydrogen-bond donors (Lipinski definition) is 2. The molecule has 0 fully saturated rings. The van der Waals surface area contributed by atoms with Crippen LogP contribution in [0.5, 0.6) is 0 Å². The maximum absolute atomic E-state index is 8.88. The fraction of sp³-hybridized carbons (Fsp3) is 1.00. The third-order valence-corrected chi connectivity index (χ3v) is 3.49. The predicted octanol–water partition coefficient (Wildman–Crippen LogP) is 2.05. The normalized spacial score (nSPS) is 13.1. The van der Waals surface area contributed by atoms with E-state index in [0.717, 1.165) is 6.42 Å². The average Bonchev–Trinajstić information content (AvgIpc) is 1.97. The second-order valence-corrected chi connectivity index (χ2v) is 4.97. The van der Waals surface area contributed by atoms with Crippen LogP contribution in [0, 0.1) is 5.92 Å². The van der Waals surface area contributed by atoms with Gasteiger partial charge in [-0.15, -0.1) is 0 Å². The molecule has 0 radical (unpaired) electrons. The minimum absolute atomic E-state index is 0.569. The van der Waals surface area contributed by atoms with E-state index in [1.807, 2.05) is 0 Å². The molecule has 2 N–H and O–H groups in total. The Bertz CT molecular complexity index is 86.2. The van der Waals surface area contributed by atoms with Gasteiger partial charge in [0.1, 0.15) is 0 Å². The van der Waals surface area contributed by atoms with Crippen LogP contribution in [0.2, 0.25) is 4.73 Å². The van der Waals surface area contributed by atoms with E-state index < -0.39 is 18.6 Å².